The number of carbonyl (C=O) groups is 1. The third kappa shape index (κ3) is 4.13. The van der Waals surface area contributed by atoms with Gasteiger partial charge in [0.05, 0.1) is 10.6 Å². The summed E-state index contributed by atoms with van der Waals surface area (Å²) in [5, 5.41) is 4.03. The Bertz CT molecular complexity index is 814. The standard InChI is InChI=1S/C16H9Cl2FN2OS/c17-10-6-11(18)8-13(7-10)20-16-21-15(22)14(23-16)5-9-1-3-12(19)4-2-9/h1-8H,(H,20,21,22). The number of hydrogen-bond acceptors (Lipinski definition) is 3. The van der Waals surface area contributed by atoms with E-state index < -0.39 is 0 Å². The van der Waals surface area contributed by atoms with E-state index >= 15 is 0 Å². The van der Waals surface area contributed by atoms with E-state index in [-0.39, 0.29) is 11.7 Å². The fraction of sp³-hybridized carbons (Fsp3) is 0. The van der Waals surface area contributed by atoms with Crippen LogP contribution in [-0.4, -0.2) is 11.1 Å². The Balaban J connectivity index is 1.84. The number of thioether (sulfide) groups is 1. The van der Waals surface area contributed by atoms with Gasteiger partial charge >= 0.3 is 0 Å². The third-order valence-electron chi connectivity index (χ3n) is 2.90. The van der Waals surface area contributed by atoms with Gasteiger partial charge in [-0.15, -0.1) is 0 Å². The van der Waals surface area contributed by atoms with Gasteiger partial charge in [0.2, 0.25) is 0 Å². The lowest BCUT2D eigenvalue weighted by Gasteiger charge is -1.98. The zero-order valence-electron chi connectivity index (χ0n) is 11.5. The number of halogens is 3. The van der Waals surface area contributed by atoms with Gasteiger partial charge in [-0.1, -0.05) is 35.3 Å². The van der Waals surface area contributed by atoms with Crippen molar-refractivity contribution < 1.29 is 9.18 Å². The average molecular weight is 367 g/mol. The van der Waals surface area contributed by atoms with Crippen LogP contribution in [-0.2, 0) is 4.79 Å². The van der Waals surface area contributed by atoms with E-state index in [9.17, 15) is 9.18 Å². The molecule has 1 N–H and O–H groups in total. The molecule has 0 bridgehead atoms. The minimum atomic E-state index is -0.323. The van der Waals surface area contributed by atoms with Gasteiger partial charge in [-0.25, -0.2) is 9.38 Å². The Hall–Kier alpha value is -1.82. The van der Waals surface area contributed by atoms with Gasteiger partial charge in [0.25, 0.3) is 5.91 Å². The second kappa shape index (κ2) is 6.74. The molecule has 1 amide bonds. The first kappa shape index (κ1) is 16.1. The maximum absolute atomic E-state index is 12.9. The molecule has 1 aliphatic rings. The normalized spacial score (nSPS) is 17.8. The Kier molecular flexibility index (Phi) is 4.71. The fourth-order valence-electron chi connectivity index (χ4n) is 1.91. The molecule has 2 aromatic carbocycles. The highest BCUT2D eigenvalue weighted by Gasteiger charge is 2.23. The van der Waals surface area contributed by atoms with Crippen LogP contribution in [0.25, 0.3) is 6.08 Å². The third-order valence-corrected chi connectivity index (χ3v) is 4.24. The molecule has 0 spiro atoms. The number of amides is 1. The number of nitrogens with zero attached hydrogens (tertiary/aromatic N) is 1. The monoisotopic (exact) mass is 366 g/mol. The summed E-state index contributed by atoms with van der Waals surface area (Å²) in [5.41, 5.74) is 1.28. The molecule has 116 valence electrons. The van der Waals surface area contributed by atoms with E-state index in [0.29, 0.717) is 25.8 Å². The number of benzene rings is 2. The van der Waals surface area contributed by atoms with Crippen LogP contribution in [0.3, 0.4) is 0 Å². The van der Waals surface area contributed by atoms with Gasteiger partial charge in [0, 0.05) is 10.0 Å². The number of carbonyl (C=O) groups excluding carboxylic acids is 1. The molecule has 23 heavy (non-hydrogen) atoms. The van der Waals surface area contributed by atoms with Gasteiger partial charge < -0.3 is 5.32 Å². The molecule has 3 nitrogen and oxygen atoms in total. The van der Waals surface area contributed by atoms with Crippen LogP contribution in [0.15, 0.2) is 52.4 Å². The Morgan fingerprint density at radius 2 is 1.74 bits per heavy atom. The molecule has 1 aliphatic heterocycles. The highest BCUT2D eigenvalue weighted by molar-refractivity contribution is 8.18. The maximum atomic E-state index is 12.9. The van der Waals surface area contributed by atoms with Crippen molar-refractivity contribution in [1.82, 2.24) is 5.32 Å². The van der Waals surface area contributed by atoms with Crippen molar-refractivity contribution >= 4 is 57.8 Å². The lowest BCUT2D eigenvalue weighted by Crippen LogP contribution is -2.19. The molecule has 0 aromatic heterocycles. The largest absolute Gasteiger partial charge is 0.300 e. The quantitative estimate of drug-likeness (QED) is 0.757. The van der Waals surface area contributed by atoms with E-state index in [1.165, 1.54) is 23.9 Å². The molecule has 0 radical (unpaired) electrons. The van der Waals surface area contributed by atoms with Gasteiger partial charge in [0.1, 0.15) is 5.82 Å². The molecule has 0 saturated carbocycles. The summed E-state index contributed by atoms with van der Waals surface area (Å²) in [6.07, 6.45) is 1.67. The topological polar surface area (TPSA) is 41.5 Å². The molecule has 1 fully saturated rings. The summed E-state index contributed by atoms with van der Waals surface area (Å²) < 4.78 is 12.9. The van der Waals surface area contributed by atoms with Gasteiger partial charge in [-0.05, 0) is 53.7 Å². The van der Waals surface area contributed by atoms with Crippen molar-refractivity contribution in [3.63, 3.8) is 0 Å². The van der Waals surface area contributed by atoms with Crippen molar-refractivity contribution in [2.75, 3.05) is 0 Å². The summed E-state index contributed by atoms with van der Waals surface area (Å²) in [6, 6.07) is 10.8. The van der Waals surface area contributed by atoms with Crippen molar-refractivity contribution in [3.05, 3.63) is 68.8 Å². The lowest BCUT2D eigenvalue weighted by atomic mass is 10.2. The van der Waals surface area contributed by atoms with Crippen molar-refractivity contribution in [2.45, 2.75) is 0 Å². The zero-order valence-corrected chi connectivity index (χ0v) is 13.8. The molecule has 2 aromatic rings. The number of aliphatic imine (C=N–C) groups is 1. The molecule has 0 aliphatic carbocycles. The highest BCUT2D eigenvalue weighted by atomic mass is 35.5. The van der Waals surface area contributed by atoms with Crippen LogP contribution < -0.4 is 5.32 Å². The first-order chi connectivity index (χ1) is 11.0. The predicted molar refractivity (Wildman–Crippen MR) is 93.7 cm³/mol. The number of nitrogens with one attached hydrogen (secondary N) is 1. The van der Waals surface area contributed by atoms with Crippen LogP contribution >= 0.6 is 35.0 Å². The summed E-state index contributed by atoms with van der Waals surface area (Å²) in [6.45, 7) is 0. The predicted octanol–water partition coefficient (Wildman–Crippen LogP) is 5.02. The summed E-state index contributed by atoms with van der Waals surface area (Å²) in [4.78, 5) is 16.8. The summed E-state index contributed by atoms with van der Waals surface area (Å²) in [7, 11) is 0. The molecule has 7 heteroatoms. The molecular weight excluding hydrogens is 358 g/mol. The van der Waals surface area contributed by atoms with Crippen LogP contribution in [0.4, 0.5) is 10.1 Å². The van der Waals surface area contributed by atoms with Crippen molar-refractivity contribution in [2.24, 2.45) is 4.99 Å². The van der Waals surface area contributed by atoms with E-state index in [1.54, 1.807) is 36.4 Å². The number of amidine groups is 1. The second-order valence-corrected chi connectivity index (χ2v) is 6.56. The number of hydrogen-bond donors (Lipinski definition) is 1. The number of rotatable bonds is 2. The molecule has 1 heterocycles. The Morgan fingerprint density at radius 1 is 1.09 bits per heavy atom. The van der Waals surface area contributed by atoms with E-state index in [0.717, 1.165) is 5.56 Å². The van der Waals surface area contributed by atoms with Crippen LogP contribution in [0.1, 0.15) is 5.56 Å². The smallest absolute Gasteiger partial charge is 0.264 e. The summed E-state index contributed by atoms with van der Waals surface area (Å²) in [5.74, 6) is -0.582. The zero-order chi connectivity index (χ0) is 16.4. The SMILES string of the molecule is O=C1NC(=Nc2cc(Cl)cc(Cl)c2)SC1=Cc1ccc(F)cc1. The van der Waals surface area contributed by atoms with Gasteiger partial charge in [0.15, 0.2) is 5.17 Å². The van der Waals surface area contributed by atoms with E-state index in [2.05, 4.69) is 10.3 Å². The minimum absolute atomic E-state index is 0.258. The first-order valence-corrected chi connectivity index (χ1v) is 8.08. The average Bonchev–Trinajstić information content (AvgIpc) is 2.80. The van der Waals surface area contributed by atoms with Crippen LogP contribution in [0.5, 0.6) is 0 Å². The van der Waals surface area contributed by atoms with Gasteiger partial charge in [-0.3, -0.25) is 4.79 Å². The molecule has 1 saturated heterocycles. The van der Waals surface area contributed by atoms with Gasteiger partial charge in [-0.2, -0.15) is 0 Å². The Labute approximate surface area is 146 Å². The van der Waals surface area contributed by atoms with E-state index in [1.807, 2.05) is 0 Å². The van der Waals surface area contributed by atoms with Crippen LogP contribution in [0, 0.1) is 5.82 Å². The molecule has 3 rings (SSSR count). The lowest BCUT2D eigenvalue weighted by molar-refractivity contribution is -0.115. The molecule has 0 unspecified atom stereocenters. The highest BCUT2D eigenvalue weighted by Crippen LogP contribution is 2.30. The molecule has 0 atom stereocenters. The van der Waals surface area contributed by atoms with E-state index in [4.69, 9.17) is 23.2 Å². The second-order valence-electron chi connectivity index (χ2n) is 4.66. The minimum Gasteiger partial charge on any atom is -0.300 e. The summed E-state index contributed by atoms with van der Waals surface area (Å²) >= 11 is 13.0. The fourth-order valence-corrected chi connectivity index (χ4v) is 3.27. The van der Waals surface area contributed by atoms with Crippen molar-refractivity contribution in [1.29, 1.82) is 0 Å². The Morgan fingerprint density at radius 3 is 2.39 bits per heavy atom. The van der Waals surface area contributed by atoms with Crippen molar-refractivity contribution in [3.8, 4) is 0 Å². The van der Waals surface area contributed by atoms with Crippen LogP contribution in [0.2, 0.25) is 10.0 Å². The molecular formula is C16H9Cl2FN2OS. The first-order valence-electron chi connectivity index (χ1n) is 6.51. The maximum Gasteiger partial charge on any atom is 0.264 e.